The van der Waals surface area contributed by atoms with Crippen LogP contribution in [0.1, 0.15) is 55.8 Å². The summed E-state index contributed by atoms with van der Waals surface area (Å²) < 4.78 is 5.52. The maximum absolute atomic E-state index is 13.2. The fraction of sp³-hybridized carbons (Fsp3) is 0.571. The molecule has 1 unspecified atom stereocenters. The van der Waals surface area contributed by atoms with Gasteiger partial charge in [0.25, 0.3) is 0 Å². The molecule has 4 aliphatic rings. The van der Waals surface area contributed by atoms with Crippen LogP contribution in [0.5, 0.6) is 0 Å². The summed E-state index contributed by atoms with van der Waals surface area (Å²) in [5.41, 5.74) is 5.51. The Hall–Kier alpha value is -2.37. The molecule has 5 rings (SSSR count). The summed E-state index contributed by atoms with van der Waals surface area (Å²) in [6.45, 7) is 1.68. The molecule has 0 aromatic heterocycles. The van der Waals surface area contributed by atoms with Crippen LogP contribution in [0, 0.1) is 23.2 Å². The van der Waals surface area contributed by atoms with Gasteiger partial charge in [-0.2, -0.15) is 0 Å². The van der Waals surface area contributed by atoms with Gasteiger partial charge in [-0.1, -0.05) is 6.07 Å². The van der Waals surface area contributed by atoms with Crippen LogP contribution in [0.15, 0.2) is 24.3 Å². The van der Waals surface area contributed by atoms with Gasteiger partial charge >= 0.3 is 12.0 Å². The predicted octanol–water partition coefficient (Wildman–Crippen LogP) is 3.51. The molecule has 0 aliphatic heterocycles. The molecular weight excluding hydrogens is 344 g/mol. The zero-order valence-electron chi connectivity index (χ0n) is 15.6. The van der Waals surface area contributed by atoms with E-state index in [0.29, 0.717) is 23.4 Å². The summed E-state index contributed by atoms with van der Waals surface area (Å²) >= 11 is 0. The number of carbonyl (C=O) groups excluding carboxylic acids is 3. The van der Waals surface area contributed by atoms with Crippen molar-refractivity contribution >= 4 is 23.5 Å². The third-order valence-electron chi connectivity index (χ3n) is 6.58. The molecular formula is C21H26N2O4. The van der Waals surface area contributed by atoms with Crippen molar-refractivity contribution in [2.45, 2.75) is 51.6 Å². The minimum absolute atomic E-state index is 0.0846. The average molecular weight is 370 g/mol. The molecule has 1 atom stereocenters. The number of hydrogen-bond donors (Lipinski definition) is 2. The fourth-order valence-corrected chi connectivity index (χ4v) is 5.99. The Kier molecular flexibility index (Phi) is 4.44. The normalized spacial score (nSPS) is 32.0. The summed E-state index contributed by atoms with van der Waals surface area (Å²) in [5.74, 6) is 1.52. The Morgan fingerprint density at radius 1 is 1.11 bits per heavy atom. The van der Waals surface area contributed by atoms with Crippen LogP contribution < -0.4 is 11.1 Å². The molecule has 4 aliphatic carbocycles. The van der Waals surface area contributed by atoms with Crippen LogP contribution in [0.25, 0.3) is 0 Å². The van der Waals surface area contributed by atoms with Crippen LogP contribution in [-0.4, -0.2) is 23.9 Å². The smallest absolute Gasteiger partial charge is 0.338 e. The minimum atomic E-state index is -0.762. The lowest BCUT2D eigenvalue weighted by atomic mass is 9.48. The van der Waals surface area contributed by atoms with E-state index in [1.165, 1.54) is 25.3 Å². The van der Waals surface area contributed by atoms with Crippen LogP contribution in [0.2, 0.25) is 0 Å². The molecule has 0 heterocycles. The van der Waals surface area contributed by atoms with Crippen molar-refractivity contribution in [3.05, 3.63) is 29.8 Å². The van der Waals surface area contributed by atoms with Gasteiger partial charge in [0.15, 0.2) is 11.9 Å². The minimum Gasteiger partial charge on any atom is -0.451 e. The number of urea groups is 1. The number of primary amides is 1. The van der Waals surface area contributed by atoms with E-state index in [4.69, 9.17) is 10.5 Å². The molecule has 0 radical (unpaired) electrons. The molecule has 1 aromatic rings. The highest BCUT2D eigenvalue weighted by Gasteiger charge is 2.55. The molecule has 4 bridgehead atoms. The number of benzene rings is 1. The number of Topliss-reactive ketones (excluding diaryl/α,β-unsaturated/α-hetero) is 1. The predicted molar refractivity (Wildman–Crippen MR) is 100 cm³/mol. The molecule has 144 valence electrons. The Morgan fingerprint density at radius 2 is 1.70 bits per heavy atom. The molecule has 0 spiro atoms. The zero-order chi connectivity index (χ0) is 19.2. The number of nitrogens with one attached hydrogen (secondary N) is 1. The van der Waals surface area contributed by atoms with Gasteiger partial charge in [0, 0.05) is 11.1 Å². The van der Waals surface area contributed by atoms with E-state index < -0.39 is 18.1 Å². The van der Waals surface area contributed by atoms with E-state index in [1.54, 1.807) is 25.1 Å². The third kappa shape index (κ3) is 3.45. The number of ketones is 1. The third-order valence-corrected chi connectivity index (χ3v) is 6.58. The monoisotopic (exact) mass is 370 g/mol. The van der Waals surface area contributed by atoms with E-state index in [9.17, 15) is 14.4 Å². The van der Waals surface area contributed by atoms with Crippen molar-refractivity contribution in [2.24, 2.45) is 28.9 Å². The lowest BCUT2D eigenvalue weighted by molar-refractivity contribution is -0.152. The maximum Gasteiger partial charge on any atom is 0.338 e. The summed E-state index contributed by atoms with van der Waals surface area (Å²) in [6.07, 6.45) is 5.90. The number of esters is 1. The molecule has 4 saturated carbocycles. The standard InChI is InChI=1S/C21H26N2O4/c1-12(27-19(25)16-3-2-4-17(8-16)23-20(22)26)18(24)21-9-13-5-14(10-21)7-15(6-13)11-21/h2-4,8,12-15H,5-7,9-11H2,1H3,(H3,22,23,26). The van der Waals surface area contributed by atoms with E-state index in [0.717, 1.165) is 19.3 Å². The summed E-state index contributed by atoms with van der Waals surface area (Å²) in [6, 6.07) is 5.65. The summed E-state index contributed by atoms with van der Waals surface area (Å²) in [7, 11) is 0. The topological polar surface area (TPSA) is 98.5 Å². The van der Waals surface area contributed by atoms with Crippen LogP contribution in [-0.2, 0) is 9.53 Å². The number of rotatable bonds is 5. The van der Waals surface area contributed by atoms with Gasteiger partial charge in [-0.25, -0.2) is 9.59 Å². The van der Waals surface area contributed by atoms with Crippen molar-refractivity contribution in [3.8, 4) is 0 Å². The number of anilines is 1. The first-order valence-electron chi connectivity index (χ1n) is 9.76. The van der Waals surface area contributed by atoms with Gasteiger partial charge in [-0.05, 0) is 81.4 Å². The first-order valence-corrected chi connectivity index (χ1v) is 9.76. The molecule has 2 amide bonds. The lowest BCUT2D eigenvalue weighted by Gasteiger charge is -2.56. The number of amides is 2. The second-order valence-corrected chi connectivity index (χ2v) is 8.68. The highest BCUT2D eigenvalue weighted by molar-refractivity contribution is 5.96. The Balaban J connectivity index is 1.44. The van der Waals surface area contributed by atoms with Gasteiger partial charge in [0.2, 0.25) is 0 Å². The first kappa shape index (κ1) is 18.0. The molecule has 0 saturated heterocycles. The highest BCUT2D eigenvalue weighted by atomic mass is 16.5. The Bertz CT molecular complexity index is 753. The van der Waals surface area contributed by atoms with Gasteiger partial charge in [-0.3, -0.25) is 4.79 Å². The fourth-order valence-electron chi connectivity index (χ4n) is 5.99. The lowest BCUT2D eigenvalue weighted by Crippen LogP contribution is -2.52. The SMILES string of the molecule is CC(OC(=O)c1cccc(NC(N)=O)c1)C(=O)C12CC3CC(CC(C3)C1)C2. The van der Waals surface area contributed by atoms with Crippen molar-refractivity contribution < 1.29 is 19.1 Å². The number of hydrogen-bond acceptors (Lipinski definition) is 4. The van der Waals surface area contributed by atoms with E-state index in [2.05, 4.69) is 5.32 Å². The molecule has 3 N–H and O–H groups in total. The van der Waals surface area contributed by atoms with Gasteiger partial charge in [0.1, 0.15) is 0 Å². The van der Waals surface area contributed by atoms with Crippen LogP contribution in [0.3, 0.4) is 0 Å². The van der Waals surface area contributed by atoms with E-state index in [1.807, 2.05) is 0 Å². The molecule has 6 nitrogen and oxygen atoms in total. The van der Waals surface area contributed by atoms with E-state index in [-0.39, 0.29) is 16.8 Å². The summed E-state index contributed by atoms with van der Waals surface area (Å²) in [5, 5.41) is 2.43. The van der Waals surface area contributed by atoms with Crippen molar-refractivity contribution in [1.29, 1.82) is 0 Å². The number of nitrogens with two attached hydrogens (primary N) is 1. The van der Waals surface area contributed by atoms with Crippen molar-refractivity contribution in [2.75, 3.05) is 5.32 Å². The molecule has 6 heteroatoms. The van der Waals surface area contributed by atoms with Crippen molar-refractivity contribution in [1.82, 2.24) is 0 Å². The highest BCUT2D eigenvalue weighted by Crippen LogP contribution is 2.60. The Morgan fingerprint density at radius 3 is 2.26 bits per heavy atom. The Labute approximate surface area is 158 Å². The van der Waals surface area contributed by atoms with Gasteiger partial charge in [-0.15, -0.1) is 0 Å². The second kappa shape index (κ2) is 6.66. The van der Waals surface area contributed by atoms with E-state index >= 15 is 0 Å². The average Bonchev–Trinajstić information content (AvgIpc) is 2.59. The molecule has 27 heavy (non-hydrogen) atoms. The van der Waals surface area contributed by atoms with Gasteiger partial charge in [0.05, 0.1) is 5.56 Å². The summed E-state index contributed by atoms with van der Waals surface area (Å²) in [4.78, 5) is 36.7. The molecule has 4 fully saturated rings. The number of ether oxygens (including phenoxy) is 1. The molecule has 1 aromatic carbocycles. The first-order chi connectivity index (χ1) is 12.8. The maximum atomic E-state index is 13.2. The quantitative estimate of drug-likeness (QED) is 0.775. The zero-order valence-corrected chi connectivity index (χ0v) is 15.6. The van der Waals surface area contributed by atoms with Crippen molar-refractivity contribution in [3.63, 3.8) is 0 Å². The largest absolute Gasteiger partial charge is 0.451 e. The van der Waals surface area contributed by atoms with Crippen LogP contribution >= 0.6 is 0 Å². The number of carbonyl (C=O) groups is 3. The second-order valence-electron chi connectivity index (χ2n) is 8.68. The van der Waals surface area contributed by atoms with Gasteiger partial charge < -0.3 is 15.8 Å². The van der Waals surface area contributed by atoms with Crippen LogP contribution in [0.4, 0.5) is 10.5 Å².